The largest absolute Gasteiger partial charge is 0.502 e. The van der Waals surface area contributed by atoms with Crippen LogP contribution in [0.2, 0.25) is 0 Å². The van der Waals surface area contributed by atoms with E-state index in [1.807, 2.05) is 6.08 Å². The molecule has 1 N–H and O–H groups in total. The molecule has 6 heteroatoms. The van der Waals surface area contributed by atoms with Gasteiger partial charge >= 0.3 is 11.9 Å². The van der Waals surface area contributed by atoms with Gasteiger partial charge in [-0.05, 0) is 117 Å². The average molecular weight is 533 g/mol. The van der Waals surface area contributed by atoms with Crippen LogP contribution in [0.3, 0.4) is 0 Å². The molecule has 6 rings (SSSR count). The number of aliphatic carboxylic acids is 1. The third kappa shape index (κ3) is 7.34. The number of carboxylic acid groups (broad SMARTS) is 1. The van der Waals surface area contributed by atoms with Crippen molar-refractivity contribution in [2.45, 2.75) is 105 Å². The molecule has 4 aliphatic carbocycles. The smallest absolute Gasteiger partial charge is 0.308 e. The summed E-state index contributed by atoms with van der Waals surface area (Å²) >= 11 is 0. The Bertz CT molecular complexity index is 792. The molecule has 0 spiro atoms. The van der Waals surface area contributed by atoms with Crippen LogP contribution in [0.1, 0.15) is 98.3 Å². The van der Waals surface area contributed by atoms with Crippen molar-refractivity contribution in [3.8, 4) is 0 Å². The molecule has 0 amide bonds. The van der Waals surface area contributed by atoms with Crippen molar-refractivity contribution in [3.05, 3.63) is 12.3 Å². The number of carboxylic acids is 1. The summed E-state index contributed by atoms with van der Waals surface area (Å²) in [5.74, 6) is 6.73. The van der Waals surface area contributed by atoms with E-state index < -0.39 is 5.97 Å². The number of ether oxygens (including phenoxy) is 3. The van der Waals surface area contributed by atoms with Crippen molar-refractivity contribution in [3.63, 3.8) is 0 Å². The van der Waals surface area contributed by atoms with Crippen LogP contribution in [0.15, 0.2) is 12.3 Å². The second-order valence-corrected chi connectivity index (χ2v) is 13.2. The van der Waals surface area contributed by atoms with Crippen LogP contribution in [0.5, 0.6) is 0 Å². The van der Waals surface area contributed by atoms with Crippen molar-refractivity contribution in [2.75, 3.05) is 13.2 Å². The van der Waals surface area contributed by atoms with Crippen LogP contribution >= 0.6 is 0 Å². The lowest BCUT2D eigenvalue weighted by Crippen LogP contribution is -2.29. The van der Waals surface area contributed by atoms with E-state index in [-0.39, 0.29) is 12.3 Å². The summed E-state index contributed by atoms with van der Waals surface area (Å²) in [6, 6.07) is 0. The van der Waals surface area contributed by atoms with E-state index in [0.29, 0.717) is 30.6 Å². The van der Waals surface area contributed by atoms with Gasteiger partial charge in [0.05, 0.1) is 19.5 Å². The van der Waals surface area contributed by atoms with E-state index in [9.17, 15) is 9.59 Å². The fourth-order valence-electron chi connectivity index (χ4n) is 8.58. The van der Waals surface area contributed by atoms with E-state index in [4.69, 9.17) is 19.3 Å². The van der Waals surface area contributed by atoms with Gasteiger partial charge in [0.15, 0.2) is 0 Å². The summed E-state index contributed by atoms with van der Waals surface area (Å²) in [5.41, 5.74) is 0. The predicted molar refractivity (Wildman–Crippen MR) is 147 cm³/mol. The normalized spacial score (nSPS) is 42.4. The zero-order valence-corrected chi connectivity index (χ0v) is 24.2. The molecule has 0 radical (unpaired) electrons. The van der Waals surface area contributed by atoms with Crippen LogP contribution in [0, 0.1) is 59.2 Å². The van der Waals surface area contributed by atoms with E-state index >= 15 is 0 Å². The number of esters is 1. The van der Waals surface area contributed by atoms with Gasteiger partial charge in [0.1, 0.15) is 0 Å². The Morgan fingerprint density at radius 1 is 0.816 bits per heavy atom. The van der Waals surface area contributed by atoms with Crippen LogP contribution in [0.4, 0.5) is 0 Å². The average Bonchev–Trinajstić information content (AvgIpc) is 3.65. The van der Waals surface area contributed by atoms with Crippen molar-refractivity contribution in [1.29, 1.82) is 0 Å². The number of allylic oxidation sites excluding steroid dienone is 1. The first-order valence-corrected chi connectivity index (χ1v) is 15.5. The molecule has 0 aromatic carbocycles. The lowest BCUT2D eigenvalue weighted by molar-refractivity contribution is -0.188. The SMILES string of the molecule is C1=COCCC1.CC1C2CC(CC(=O)O)C(C2)C1C.CC1C2CC(CC(=O)OC3CCCCO3)C(C2)C1C. The quantitative estimate of drug-likeness (QED) is 0.381. The van der Waals surface area contributed by atoms with Crippen molar-refractivity contribution < 1.29 is 28.9 Å². The molecule has 0 aromatic rings. The number of carbonyl (C=O) groups is 2. The topological polar surface area (TPSA) is 82.1 Å². The highest BCUT2D eigenvalue weighted by atomic mass is 16.7. The minimum Gasteiger partial charge on any atom is -0.502 e. The zero-order valence-electron chi connectivity index (χ0n) is 24.2. The molecule has 2 heterocycles. The van der Waals surface area contributed by atoms with Crippen LogP contribution in [-0.2, 0) is 23.8 Å². The number of rotatable bonds is 5. The molecule has 216 valence electrons. The highest BCUT2D eigenvalue weighted by Gasteiger charge is 2.50. The van der Waals surface area contributed by atoms with E-state index in [0.717, 1.165) is 73.9 Å². The minimum absolute atomic E-state index is 0.0377. The molecular formula is C32H52O6. The standard InChI is InChI=1S/C16H26O3.C11H18O2.C5H8O/c1-10-11(2)14-8-12(10)7-13(14)9-15(17)19-16-5-3-4-6-18-16;1-6-7(2)10-4-8(6)3-9(10)5-11(12)13;1-2-4-6-5-3-1/h10-14,16H,3-9H2,1-2H3;6-10H,3-5H2,1-2H3,(H,12,13);2,4H,1,3,5H2. The number of carbonyl (C=O) groups excluding carboxylic acids is 1. The Morgan fingerprint density at radius 3 is 1.84 bits per heavy atom. The predicted octanol–water partition coefficient (Wildman–Crippen LogP) is 7.07. The monoisotopic (exact) mass is 532 g/mol. The number of hydrogen-bond donors (Lipinski definition) is 1. The van der Waals surface area contributed by atoms with Crippen LogP contribution in [0.25, 0.3) is 0 Å². The second-order valence-electron chi connectivity index (χ2n) is 13.2. The molecule has 4 bridgehead atoms. The Morgan fingerprint density at radius 2 is 1.45 bits per heavy atom. The van der Waals surface area contributed by atoms with Gasteiger partial charge in [0.25, 0.3) is 0 Å². The lowest BCUT2D eigenvalue weighted by Gasteiger charge is -2.31. The first-order valence-electron chi connectivity index (χ1n) is 15.5. The summed E-state index contributed by atoms with van der Waals surface area (Å²) in [6.07, 6.45) is 15.0. The molecule has 2 aliphatic heterocycles. The maximum atomic E-state index is 12.0. The highest BCUT2D eigenvalue weighted by Crippen LogP contribution is 2.56. The Hall–Kier alpha value is -1.56. The molecule has 11 unspecified atom stereocenters. The Labute approximate surface area is 230 Å². The van der Waals surface area contributed by atoms with Gasteiger partial charge in [0, 0.05) is 19.3 Å². The number of hydrogen-bond acceptors (Lipinski definition) is 5. The first kappa shape index (κ1) is 29.4. The third-order valence-electron chi connectivity index (χ3n) is 11.2. The third-order valence-corrected chi connectivity index (χ3v) is 11.2. The van der Waals surface area contributed by atoms with Gasteiger partial charge in [-0.15, -0.1) is 0 Å². The summed E-state index contributed by atoms with van der Waals surface area (Å²) in [4.78, 5) is 22.6. The van der Waals surface area contributed by atoms with Crippen molar-refractivity contribution >= 4 is 11.9 Å². The summed E-state index contributed by atoms with van der Waals surface area (Å²) < 4.78 is 15.8. The van der Waals surface area contributed by atoms with Gasteiger partial charge in [-0.1, -0.05) is 27.7 Å². The maximum absolute atomic E-state index is 12.0. The lowest BCUT2D eigenvalue weighted by atomic mass is 9.74. The Kier molecular flexibility index (Phi) is 10.6. The van der Waals surface area contributed by atoms with E-state index in [1.54, 1.807) is 6.26 Å². The van der Waals surface area contributed by atoms with E-state index in [1.165, 1.54) is 38.5 Å². The highest BCUT2D eigenvalue weighted by molar-refractivity contribution is 5.70. The van der Waals surface area contributed by atoms with Gasteiger partial charge in [-0.2, -0.15) is 0 Å². The Balaban J connectivity index is 0.000000152. The molecule has 6 nitrogen and oxygen atoms in total. The van der Waals surface area contributed by atoms with Crippen LogP contribution < -0.4 is 0 Å². The van der Waals surface area contributed by atoms with Crippen molar-refractivity contribution in [1.82, 2.24) is 0 Å². The van der Waals surface area contributed by atoms with Gasteiger partial charge in [-0.3, -0.25) is 9.59 Å². The molecule has 11 atom stereocenters. The summed E-state index contributed by atoms with van der Waals surface area (Å²) in [6.45, 7) is 11.0. The molecule has 5 fully saturated rings. The van der Waals surface area contributed by atoms with Gasteiger partial charge in [-0.25, -0.2) is 0 Å². The minimum atomic E-state index is -0.614. The van der Waals surface area contributed by atoms with Gasteiger partial charge in [0.2, 0.25) is 6.29 Å². The summed E-state index contributed by atoms with van der Waals surface area (Å²) in [5, 5.41) is 8.75. The van der Waals surface area contributed by atoms with Crippen molar-refractivity contribution in [2.24, 2.45) is 59.2 Å². The van der Waals surface area contributed by atoms with Crippen LogP contribution in [-0.4, -0.2) is 36.5 Å². The fraction of sp³-hybridized carbons (Fsp3) is 0.875. The molecule has 38 heavy (non-hydrogen) atoms. The van der Waals surface area contributed by atoms with E-state index in [2.05, 4.69) is 27.7 Å². The number of fused-ring (bicyclic) bond motifs is 4. The zero-order chi connectivity index (χ0) is 27.2. The molecule has 4 saturated carbocycles. The van der Waals surface area contributed by atoms with Gasteiger partial charge < -0.3 is 19.3 Å². The first-order chi connectivity index (χ1) is 18.2. The second kappa shape index (κ2) is 13.7. The maximum Gasteiger partial charge on any atom is 0.308 e. The fourth-order valence-corrected chi connectivity index (χ4v) is 8.58. The molecular weight excluding hydrogens is 480 g/mol. The molecule has 6 aliphatic rings. The molecule has 1 saturated heterocycles. The summed E-state index contributed by atoms with van der Waals surface area (Å²) in [7, 11) is 0. The molecule has 0 aromatic heterocycles.